The summed E-state index contributed by atoms with van der Waals surface area (Å²) in [6, 6.07) is 0.422. The molecule has 0 spiro atoms. The van der Waals surface area contributed by atoms with E-state index in [1.54, 1.807) is 0 Å². The van der Waals surface area contributed by atoms with Crippen LogP contribution in [0.4, 0.5) is 0 Å². The molecule has 1 saturated carbocycles. The Kier molecular flexibility index (Phi) is 4.28. The molecule has 0 saturated heterocycles. The van der Waals surface area contributed by atoms with Crippen molar-refractivity contribution in [3.05, 3.63) is 0 Å². The Bertz CT molecular complexity index is 228. The number of hydrogen-bond acceptors (Lipinski definition) is 3. The van der Waals surface area contributed by atoms with Crippen LogP contribution in [0, 0.1) is 0 Å². The molecule has 0 bridgehead atoms. The first kappa shape index (κ1) is 11.4. The van der Waals surface area contributed by atoms with Crippen LogP contribution in [-0.4, -0.2) is 41.5 Å². The van der Waals surface area contributed by atoms with Gasteiger partial charge < -0.3 is 11.1 Å². The quantitative estimate of drug-likeness (QED) is 0.606. The summed E-state index contributed by atoms with van der Waals surface area (Å²) in [6.45, 7) is 3.69. The lowest BCUT2D eigenvalue weighted by atomic mass is 10.4. The lowest BCUT2D eigenvalue weighted by Crippen LogP contribution is -2.41. The van der Waals surface area contributed by atoms with Crippen LogP contribution in [0.2, 0.25) is 0 Å². The average molecular weight is 215 g/mol. The van der Waals surface area contributed by atoms with E-state index in [-0.39, 0.29) is 5.91 Å². The van der Waals surface area contributed by atoms with Crippen LogP contribution in [0.15, 0.2) is 0 Å². The summed E-state index contributed by atoms with van der Waals surface area (Å²) in [7, 11) is 0. The topological polar surface area (TPSA) is 58.4 Å². The van der Waals surface area contributed by atoms with Crippen molar-refractivity contribution in [1.82, 2.24) is 10.2 Å². The van der Waals surface area contributed by atoms with Gasteiger partial charge in [-0.1, -0.05) is 19.1 Å². The Morgan fingerprint density at radius 3 is 2.64 bits per heavy atom. The van der Waals surface area contributed by atoms with Gasteiger partial charge in [0, 0.05) is 12.6 Å². The van der Waals surface area contributed by atoms with Crippen molar-refractivity contribution in [1.29, 1.82) is 0 Å². The van der Waals surface area contributed by atoms with Crippen LogP contribution >= 0.6 is 12.2 Å². The van der Waals surface area contributed by atoms with Crippen molar-refractivity contribution in [2.75, 3.05) is 19.6 Å². The van der Waals surface area contributed by atoms with E-state index in [4.69, 9.17) is 18.0 Å². The van der Waals surface area contributed by atoms with Crippen LogP contribution < -0.4 is 11.1 Å². The monoisotopic (exact) mass is 215 g/mol. The molecule has 4 nitrogen and oxygen atoms in total. The number of carbonyl (C=O) groups is 1. The highest BCUT2D eigenvalue weighted by Gasteiger charge is 2.23. The molecule has 0 aromatic carbocycles. The average Bonchev–Trinajstić information content (AvgIpc) is 2.86. The predicted molar refractivity (Wildman–Crippen MR) is 60.1 cm³/mol. The fraction of sp³-hybridized carbons (Fsp3) is 0.778. The number of nitrogens with two attached hydrogens (primary N) is 1. The Balaban J connectivity index is 2.23. The summed E-state index contributed by atoms with van der Waals surface area (Å²) in [4.78, 5) is 13.8. The molecule has 1 aliphatic carbocycles. The number of nitrogens with one attached hydrogen (secondary N) is 1. The first-order chi connectivity index (χ1) is 6.61. The number of thiocarbonyl (C=S) groups is 1. The highest BCUT2D eigenvalue weighted by Crippen LogP contribution is 2.18. The van der Waals surface area contributed by atoms with E-state index in [1.807, 2.05) is 11.8 Å². The van der Waals surface area contributed by atoms with E-state index in [0.717, 1.165) is 19.4 Å². The van der Waals surface area contributed by atoms with Gasteiger partial charge in [0.15, 0.2) is 0 Å². The summed E-state index contributed by atoms with van der Waals surface area (Å²) >= 11 is 4.80. The fourth-order valence-corrected chi connectivity index (χ4v) is 1.39. The summed E-state index contributed by atoms with van der Waals surface area (Å²) < 4.78 is 0. The molecule has 14 heavy (non-hydrogen) atoms. The molecule has 3 N–H and O–H groups in total. The summed E-state index contributed by atoms with van der Waals surface area (Å²) in [5.41, 5.74) is 5.42. The summed E-state index contributed by atoms with van der Waals surface area (Å²) in [5.74, 6) is 0.0746. The third-order valence-corrected chi connectivity index (χ3v) is 2.27. The Hall–Kier alpha value is -0.680. The van der Waals surface area contributed by atoms with E-state index < -0.39 is 0 Å². The van der Waals surface area contributed by atoms with Crippen LogP contribution in [-0.2, 0) is 4.79 Å². The third-order valence-electron chi connectivity index (χ3n) is 2.14. The van der Waals surface area contributed by atoms with E-state index in [1.165, 1.54) is 0 Å². The lowest BCUT2D eigenvalue weighted by molar-refractivity contribution is -0.122. The number of carbonyl (C=O) groups excluding carboxylic acids is 1. The molecule has 0 aromatic rings. The van der Waals surface area contributed by atoms with Gasteiger partial charge in [-0.2, -0.15) is 0 Å². The van der Waals surface area contributed by atoms with Gasteiger partial charge in [0.05, 0.1) is 11.5 Å². The number of rotatable bonds is 6. The SMILES string of the molecule is CCN(CC(=O)NC1CC1)CC(N)=S. The van der Waals surface area contributed by atoms with Crippen molar-refractivity contribution in [3.8, 4) is 0 Å². The first-order valence-electron chi connectivity index (χ1n) is 4.91. The van der Waals surface area contributed by atoms with Crippen LogP contribution in [0.25, 0.3) is 0 Å². The minimum atomic E-state index is 0.0746. The maximum Gasteiger partial charge on any atom is 0.234 e. The molecule has 1 rings (SSSR count). The number of amides is 1. The molecule has 0 radical (unpaired) electrons. The molecule has 0 aromatic heterocycles. The second-order valence-electron chi connectivity index (χ2n) is 3.61. The highest BCUT2D eigenvalue weighted by atomic mass is 32.1. The van der Waals surface area contributed by atoms with Gasteiger partial charge in [0.2, 0.25) is 5.91 Å². The Morgan fingerprint density at radius 1 is 1.57 bits per heavy atom. The molecule has 5 heteroatoms. The molecule has 1 amide bonds. The van der Waals surface area contributed by atoms with Crippen molar-refractivity contribution >= 4 is 23.1 Å². The molecule has 0 heterocycles. The minimum Gasteiger partial charge on any atom is -0.392 e. The van der Waals surface area contributed by atoms with Gasteiger partial charge >= 0.3 is 0 Å². The van der Waals surface area contributed by atoms with E-state index in [9.17, 15) is 4.79 Å². The zero-order valence-corrected chi connectivity index (χ0v) is 9.27. The minimum absolute atomic E-state index is 0.0746. The highest BCUT2D eigenvalue weighted by molar-refractivity contribution is 7.80. The van der Waals surface area contributed by atoms with Gasteiger partial charge in [-0.3, -0.25) is 9.69 Å². The van der Waals surface area contributed by atoms with Crippen LogP contribution in [0.3, 0.4) is 0 Å². The molecular weight excluding hydrogens is 198 g/mol. The van der Waals surface area contributed by atoms with Crippen molar-refractivity contribution in [3.63, 3.8) is 0 Å². The van der Waals surface area contributed by atoms with E-state index in [2.05, 4.69) is 5.32 Å². The molecule has 80 valence electrons. The molecule has 0 aliphatic heterocycles. The molecule has 1 aliphatic rings. The normalized spacial score (nSPS) is 15.6. The zero-order valence-electron chi connectivity index (χ0n) is 8.45. The fourth-order valence-electron chi connectivity index (χ4n) is 1.20. The predicted octanol–water partition coefficient (Wildman–Crippen LogP) is -0.127. The van der Waals surface area contributed by atoms with Gasteiger partial charge in [0.25, 0.3) is 0 Å². The van der Waals surface area contributed by atoms with Gasteiger partial charge in [-0.25, -0.2) is 0 Å². The van der Waals surface area contributed by atoms with Crippen LogP contribution in [0.5, 0.6) is 0 Å². The second kappa shape index (κ2) is 5.26. The van der Waals surface area contributed by atoms with E-state index >= 15 is 0 Å². The molecule has 1 fully saturated rings. The molecule has 0 unspecified atom stereocenters. The van der Waals surface area contributed by atoms with Gasteiger partial charge in [-0.05, 0) is 19.4 Å². The van der Waals surface area contributed by atoms with E-state index in [0.29, 0.717) is 24.1 Å². The maximum absolute atomic E-state index is 11.4. The largest absolute Gasteiger partial charge is 0.392 e. The second-order valence-corrected chi connectivity index (χ2v) is 4.14. The standard InChI is InChI=1S/C9H17N3OS/c1-2-12(5-8(10)14)6-9(13)11-7-3-4-7/h7H,2-6H2,1H3,(H2,10,14)(H,11,13). The first-order valence-corrected chi connectivity index (χ1v) is 5.32. The molecular formula is C9H17N3OS. The zero-order chi connectivity index (χ0) is 10.6. The summed E-state index contributed by atoms with van der Waals surface area (Å²) in [5, 5.41) is 2.93. The number of likely N-dealkylation sites (N-methyl/N-ethyl adjacent to an activating group) is 1. The van der Waals surface area contributed by atoms with Crippen molar-refractivity contribution in [2.45, 2.75) is 25.8 Å². The lowest BCUT2D eigenvalue weighted by Gasteiger charge is -2.18. The number of nitrogens with zero attached hydrogens (tertiary/aromatic N) is 1. The Labute approximate surface area is 89.8 Å². The smallest absolute Gasteiger partial charge is 0.234 e. The van der Waals surface area contributed by atoms with Gasteiger partial charge in [-0.15, -0.1) is 0 Å². The maximum atomic E-state index is 11.4. The third kappa shape index (κ3) is 4.53. The summed E-state index contributed by atoms with van der Waals surface area (Å²) in [6.07, 6.45) is 2.24. The van der Waals surface area contributed by atoms with Crippen molar-refractivity contribution in [2.24, 2.45) is 5.73 Å². The van der Waals surface area contributed by atoms with Crippen LogP contribution in [0.1, 0.15) is 19.8 Å². The van der Waals surface area contributed by atoms with Gasteiger partial charge in [0.1, 0.15) is 0 Å². The Morgan fingerprint density at radius 2 is 2.21 bits per heavy atom. The molecule has 0 atom stereocenters. The van der Waals surface area contributed by atoms with Crippen molar-refractivity contribution < 1.29 is 4.79 Å². The number of hydrogen-bond donors (Lipinski definition) is 2.